The van der Waals surface area contributed by atoms with Crippen molar-refractivity contribution in [1.82, 2.24) is 0 Å². The normalized spacial score (nSPS) is 10.5. The molecule has 1 N–H and O–H groups in total. The molecule has 0 radical (unpaired) electrons. The number of anilines is 1. The summed E-state index contributed by atoms with van der Waals surface area (Å²) in [5, 5.41) is 2.73. The second kappa shape index (κ2) is 7.59. The number of aryl methyl sites for hydroxylation is 1. The second-order valence-corrected chi connectivity index (χ2v) is 5.65. The molecule has 0 saturated carbocycles. The quantitative estimate of drug-likeness (QED) is 0.649. The van der Waals surface area contributed by atoms with E-state index in [-0.39, 0.29) is 30.0 Å². The van der Waals surface area contributed by atoms with Crippen molar-refractivity contribution in [3.63, 3.8) is 0 Å². The van der Waals surface area contributed by atoms with E-state index in [9.17, 15) is 14.4 Å². The first-order valence-corrected chi connectivity index (χ1v) is 7.54. The minimum atomic E-state index is -0.674. The molecule has 1 amide bonds. The Bertz CT molecular complexity index is 743. The number of hydrogen-bond acceptors (Lipinski definition) is 5. The van der Waals surface area contributed by atoms with Gasteiger partial charge in [0.05, 0.1) is 6.26 Å². The number of hydrogen-bond donors (Lipinski definition) is 1. The predicted octanol–water partition coefficient (Wildman–Crippen LogP) is 3.22. The van der Waals surface area contributed by atoms with E-state index < -0.39 is 5.97 Å². The lowest BCUT2D eigenvalue weighted by Crippen LogP contribution is -2.18. The molecule has 0 fully saturated rings. The lowest BCUT2D eigenvalue weighted by molar-refractivity contribution is -0.118. The Balaban J connectivity index is 1.92. The average Bonchev–Trinajstić information content (AvgIpc) is 2.99. The Morgan fingerprint density at radius 1 is 1.12 bits per heavy atom. The van der Waals surface area contributed by atoms with Crippen LogP contribution in [-0.4, -0.2) is 24.3 Å². The van der Waals surface area contributed by atoms with E-state index in [2.05, 4.69) is 5.32 Å². The molecule has 0 saturated heterocycles. The summed E-state index contributed by atoms with van der Waals surface area (Å²) in [7, 11) is 0. The first-order valence-electron chi connectivity index (χ1n) is 7.54. The lowest BCUT2D eigenvalue weighted by Gasteiger charge is -2.08. The fourth-order valence-electron chi connectivity index (χ4n) is 1.89. The van der Waals surface area contributed by atoms with E-state index >= 15 is 0 Å². The maximum atomic E-state index is 12.1. The predicted molar refractivity (Wildman–Crippen MR) is 88.0 cm³/mol. The van der Waals surface area contributed by atoms with Gasteiger partial charge in [-0.2, -0.15) is 0 Å². The molecule has 1 heterocycles. The van der Waals surface area contributed by atoms with Crippen LogP contribution in [0.15, 0.2) is 41.0 Å². The molecular weight excluding hydrogens is 310 g/mol. The van der Waals surface area contributed by atoms with Crippen molar-refractivity contribution in [3.05, 3.63) is 53.5 Å². The molecule has 0 aliphatic heterocycles. The molecule has 6 heteroatoms. The van der Waals surface area contributed by atoms with Gasteiger partial charge in [0.2, 0.25) is 11.7 Å². The van der Waals surface area contributed by atoms with Crippen LogP contribution < -0.4 is 5.32 Å². The topological polar surface area (TPSA) is 85.6 Å². The molecule has 2 aromatic rings. The zero-order chi connectivity index (χ0) is 17.7. The number of carbonyl (C=O) groups excluding carboxylic acids is 3. The molecule has 1 aromatic carbocycles. The molecular formula is C18H19NO5. The summed E-state index contributed by atoms with van der Waals surface area (Å²) in [4.78, 5) is 35.4. The van der Waals surface area contributed by atoms with E-state index in [0.29, 0.717) is 16.8 Å². The molecule has 1 aromatic heterocycles. The smallest absolute Gasteiger partial charge is 0.374 e. The maximum Gasteiger partial charge on any atom is 0.374 e. The van der Waals surface area contributed by atoms with Crippen LogP contribution in [0.1, 0.15) is 40.3 Å². The van der Waals surface area contributed by atoms with Gasteiger partial charge in [-0.3, -0.25) is 9.59 Å². The van der Waals surface area contributed by atoms with E-state index in [1.807, 2.05) is 0 Å². The largest absolute Gasteiger partial charge is 0.457 e. The number of amides is 1. The fourth-order valence-corrected chi connectivity index (χ4v) is 1.89. The van der Waals surface area contributed by atoms with E-state index in [0.717, 1.165) is 0 Å². The van der Waals surface area contributed by atoms with Crippen molar-refractivity contribution in [3.8, 4) is 0 Å². The molecule has 6 nitrogen and oxygen atoms in total. The first-order chi connectivity index (χ1) is 11.4. The number of ether oxygens (including phenoxy) is 1. The van der Waals surface area contributed by atoms with Gasteiger partial charge in [-0.25, -0.2) is 4.79 Å². The van der Waals surface area contributed by atoms with Gasteiger partial charge in [0.15, 0.2) is 12.4 Å². The van der Waals surface area contributed by atoms with Gasteiger partial charge >= 0.3 is 5.97 Å². The zero-order valence-corrected chi connectivity index (χ0v) is 13.8. The minimum Gasteiger partial charge on any atom is -0.457 e. The summed E-state index contributed by atoms with van der Waals surface area (Å²) >= 11 is 0. The van der Waals surface area contributed by atoms with Crippen LogP contribution in [0.3, 0.4) is 0 Å². The minimum absolute atomic E-state index is 0.0922. The standard InChI is InChI=1S/C18H19NO5/c1-11(2)17(21)19-14-6-4-13(5-7-14)15(20)10-24-18(22)16-12(3)8-9-23-16/h4-9,11H,10H2,1-3H3,(H,19,21). The van der Waals surface area contributed by atoms with Crippen LogP contribution in [0, 0.1) is 12.8 Å². The number of ketones is 1. The zero-order valence-electron chi connectivity index (χ0n) is 13.8. The molecule has 0 unspecified atom stereocenters. The highest BCUT2D eigenvalue weighted by atomic mass is 16.5. The third-order valence-electron chi connectivity index (χ3n) is 3.38. The average molecular weight is 329 g/mol. The second-order valence-electron chi connectivity index (χ2n) is 5.65. The lowest BCUT2D eigenvalue weighted by atomic mass is 10.1. The van der Waals surface area contributed by atoms with Gasteiger partial charge in [-0.15, -0.1) is 0 Å². The third-order valence-corrected chi connectivity index (χ3v) is 3.38. The summed E-state index contributed by atoms with van der Waals surface area (Å²) in [6.45, 7) is 4.92. The molecule has 0 bridgehead atoms. The number of carbonyl (C=O) groups is 3. The number of nitrogens with one attached hydrogen (secondary N) is 1. The summed E-state index contributed by atoms with van der Waals surface area (Å²) in [5.74, 6) is -1.15. The molecule has 2 rings (SSSR count). The van der Waals surface area contributed by atoms with Crippen molar-refractivity contribution in [2.75, 3.05) is 11.9 Å². The van der Waals surface area contributed by atoms with Crippen LogP contribution in [-0.2, 0) is 9.53 Å². The number of benzene rings is 1. The van der Waals surface area contributed by atoms with Crippen molar-refractivity contribution in [2.45, 2.75) is 20.8 Å². The summed E-state index contributed by atoms with van der Waals surface area (Å²) in [6.07, 6.45) is 1.39. The van der Waals surface area contributed by atoms with Crippen LogP contribution >= 0.6 is 0 Å². The van der Waals surface area contributed by atoms with E-state index in [4.69, 9.17) is 9.15 Å². The molecule has 24 heavy (non-hydrogen) atoms. The molecule has 0 atom stereocenters. The number of esters is 1. The van der Waals surface area contributed by atoms with Crippen LogP contribution in [0.4, 0.5) is 5.69 Å². The van der Waals surface area contributed by atoms with Crippen molar-refractivity contribution in [1.29, 1.82) is 0 Å². The monoisotopic (exact) mass is 329 g/mol. The van der Waals surface area contributed by atoms with Crippen LogP contribution in [0.5, 0.6) is 0 Å². The van der Waals surface area contributed by atoms with Crippen molar-refractivity contribution < 1.29 is 23.5 Å². The maximum absolute atomic E-state index is 12.1. The van der Waals surface area contributed by atoms with Gasteiger partial charge in [0, 0.05) is 22.7 Å². The SMILES string of the molecule is Cc1ccoc1C(=O)OCC(=O)c1ccc(NC(=O)C(C)C)cc1. The fraction of sp³-hybridized carbons (Fsp3) is 0.278. The Labute approximate surface area is 139 Å². The van der Waals surface area contributed by atoms with Crippen molar-refractivity contribution >= 4 is 23.3 Å². The van der Waals surface area contributed by atoms with E-state index in [1.54, 1.807) is 51.1 Å². The number of rotatable bonds is 6. The van der Waals surface area contributed by atoms with Crippen molar-refractivity contribution in [2.24, 2.45) is 5.92 Å². The Morgan fingerprint density at radius 3 is 2.33 bits per heavy atom. The van der Waals surface area contributed by atoms with E-state index in [1.165, 1.54) is 6.26 Å². The Hall–Kier alpha value is -2.89. The number of Topliss-reactive ketones (excluding diaryl/α,β-unsaturated/α-hetero) is 1. The molecule has 126 valence electrons. The third kappa shape index (κ3) is 4.32. The molecule has 0 aliphatic rings. The van der Waals surface area contributed by atoms with Gasteiger partial charge < -0.3 is 14.5 Å². The Morgan fingerprint density at radius 2 is 1.79 bits per heavy atom. The summed E-state index contributed by atoms with van der Waals surface area (Å²) in [6, 6.07) is 8.05. The van der Waals surface area contributed by atoms with Gasteiger partial charge in [0.25, 0.3) is 0 Å². The van der Waals surface area contributed by atoms with Gasteiger partial charge in [-0.05, 0) is 37.3 Å². The first kappa shape index (κ1) is 17.5. The summed E-state index contributed by atoms with van der Waals surface area (Å²) in [5.41, 5.74) is 1.65. The summed E-state index contributed by atoms with van der Waals surface area (Å²) < 4.78 is 9.97. The van der Waals surface area contributed by atoms with Crippen LogP contribution in [0.25, 0.3) is 0 Å². The highest BCUT2D eigenvalue weighted by molar-refractivity contribution is 6.00. The molecule has 0 aliphatic carbocycles. The highest BCUT2D eigenvalue weighted by Gasteiger charge is 2.16. The Kier molecular flexibility index (Phi) is 5.52. The number of furan rings is 1. The molecule has 0 spiro atoms. The van der Waals surface area contributed by atoms with Crippen LogP contribution in [0.2, 0.25) is 0 Å². The van der Waals surface area contributed by atoms with Gasteiger partial charge in [-0.1, -0.05) is 13.8 Å². The van der Waals surface area contributed by atoms with Gasteiger partial charge in [0.1, 0.15) is 0 Å². The highest BCUT2D eigenvalue weighted by Crippen LogP contribution is 2.13.